The molecule has 2 aromatic rings. The standard InChI is InChI=1S/C16H19NOS/c1-3-6-13-7-4-5-8-16(13)18-11-14-9-15(10-17)19-12(14)2/h3-5,7-9H,1,6,10-11,17H2,2H3. The molecule has 19 heavy (non-hydrogen) atoms. The average molecular weight is 273 g/mol. The molecule has 0 aliphatic heterocycles. The quantitative estimate of drug-likeness (QED) is 0.812. The fourth-order valence-corrected chi connectivity index (χ4v) is 2.88. The number of thiophene rings is 1. The monoisotopic (exact) mass is 273 g/mol. The van der Waals surface area contributed by atoms with Crippen molar-refractivity contribution in [1.29, 1.82) is 0 Å². The Kier molecular flexibility index (Phi) is 4.77. The van der Waals surface area contributed by atoms with E-state index in [4.69, 9.17) is 10.5 Å². The van der Waals surface area contributed by atoms with Gasteiger partial charge in [-0.05, 0) is 31.0 Å². The number of benzene rings is 1. The second-order valence-corrected chi connectivity index (χ2v) is 5.73. The van der Waals surface area contributed by atoms with Crippen molar-refractivity contribution in [3.05, 3.63) is 63.9 Å². The van der Waals surface area contributed by atoms with Crippen LogP contribution in [0.5, 0.6) is 5.75 Å². The fourth-order valence-electron chi connectivity index (χ4n) is 1.96. The van der Waals surface area contributed by atoms with Crippen LogP contribution in [0.1, 0.15) is 20.9 Å². The van der Waals surface area contributed by atoms with Gasteiger partial charge in [0.1, 0.15) is 12.4 Å². The van der Waals surface area contributed by atoms with Crippen molar-refractivity contribution in [2.24, 2.45) is 5.73 Å². The molecule has 0 aliphatic carbocycles. The van der Waals surface area contributed by atoms with E-state index in [0.717, 1.165) is 12.2 Å². The van der Waals surface area contributed by atoms with Gasteiger partial charge in [-0.3, -0.25) is 0 Å². The topological polar surface area (TPSA) is 35.2 Å². The van der Waals surface area contributed by atoms with E-state index in [1.165, 1.54) is 20.9 Å². The molecule has 0 aliphatic rings. The molecule has 3 heteroatoms. The van der Waals surface area contributed by atoms with Gasteiger partial charge in [0.15, 0.2) is 0 Å². The minimum absolute atomic E-state index is 0.594. The van der Waals surface area contributed by atoms with Crippen LogP contribution in [-0.4, -0.2) is 0 Å². The van der Waals surface area contributed by atoms with Crippen LogP contribution < -0.4 is 10.5 Å². The van der Waals surface area contributed by atoms with E-state index in [1.54, 1.807) is 11.3 Å². The predicted molar refractivity (Wildman–Crippen MR) is 81.6 cm³/mol. The van der Waals surface area contributed by atoms with Crippen molar-refractivity contribution in [3.8, 4) is 5.75 Å². The molecular weight excluding hydrogens is 254 g/mol. The normalized spacial score (nSPS) is 10.4. The van der Waals surface area contributed by atoms with Crippen LogP contribution in [0, 0.1) is 6.92 Å². The Morgan fingerprint density at radius 2 is 2.11 bits per heavy atom. The number of ether oxygens (including phenoxy) is 1. The minimum Gasteiger partial charge on any atom is -0.489 e. The zero-order valence-electron chi connectivity index (χ0n) is 11.2. The first-order valence-electron chi connectivity index (χ1n) is 6.34. The van der Waals surface area contributed by atoms with Gasteiger partial charge in [-0.2, -0.15) is 0 Å². The van der Waals surface area contributed by atoms with E-state index in [-0.39, 0.29) is 0 Å². The summed E-state index contributed by atoms with van der Waals surface area (Å²) >= 11 is 1.74. The Hall–Kier alpha value is -1.58. The van der Waals surface area contributed by atoms with Crippen LogP contribution in [0.3, 0.4) is 0 Å². The highest BCUT2D eigenvalue weighted by Gasteiger charge is 2.07. The second-order valence-electron chi connectivity index (χ2n) is 4.39. The number of rotatable bonds is 6. The Morgan fingerprint density at radius 1 is 1.32 bits per heavy atom. The van der Waals surface area contributed by atoms with E-state index in [1.807, 2.05) is 24.3 Å². The summed E-state index contributed by atoms with van der Waals surface area (Å²) in [6.07, 6.45) is 2.72. The average Bonchev–Trinajstić information content (AvgIpc) is 2.79. The number of allylic oxidation sites excluding steroid dienone is 1. The fraction of sp³-hybridized carbons (Fsp3) is 0.250. The van der Waals surface area contributed by atoms with E-state index >= 15 is 0 Å². The first-order valence-corrected chi connectivity index (χ1v) is 7.16. The maximum atomic E-state index is 5.93. The molecule has 2 N–H and O–H groups in total. The first kappa shape index (κ1) is 13.8. The third-order valence-electron chi connectivity index (χ3n) is 2.99. The van der Waals surface area contributed by atoms with Gasteiger partial charge in [0.2, 0.25) is 0 Å². The molecule has 0 radical (unpaired) electrons. The third-order valence-corrected chi connectivity index (χ3v) is 4.11. The lowest BCUT2D eigenvalue weighted by Crippen LogP contribution is -1.98. The van der Waals surface area contributed by atoms with Crippen molar-refractivity contribution in [2.45, 2.75) is 26.5 Å². The van der Waals surface area contributed by atoms with Gasteiger partial charge in [0, 0.05) is 21.9 Å². The Bertz CT molecular complexity index is 560. The molecule has 0 fully saturated rings. The Morgan fingerprint density at radius 3 is 2.79 bits per heavy atom. The predicted octanol–water partition coefficient (Wildman–Crippen LogP) is 3.82. The summed E-state index contributed by atoms with van der Waals surface area (Å²) in [4.78, 5) is 2.48. The zero-order chi connectivity index (χ0) is 13.7. The summed E-state index contributed by atoms with van der Waals surface area (Å²) in [6, 6.07) is 10.2. The minimum atomic E-state index is 0.594. The highest BCUT2D eigenvalue weighted by Crippen LogP contribution is 2.24. The number of hydrogen-bond acceptors (Lipinski definition) is 3. The summed E-state index contributed by atoms with van der Waals surface area (Å²) in [5.41, 5.74) is 8.05. The van der Waals surface area contributed by atoms with Crippen molar-refractivity contribution in [1.82, 2.24) is 0 Å². The molecular formula is C16H19NOS. The number of hydrogen-bond donors (Lipinski definition) is 1. The van der Waals surface area contributed by atoms with Gasteiger partial charge in [0.25, 0.3) is 0 Å². The van der Waals surface area contributed by atoms with E-state index in [0.29, 0.717) is 13.2 Å². The van der Waals surface area contributed by atoms with Crippen LogP contribution in [0.15, 0.2) is 43.0 Å². The third kappa shape index (κ3) is 3.46. The van der Waals surface area contributed by atoms with Crippen molar-refractivity contribution < 1.29 is 4.74 Å². The SMILES string of the molecule is C=CCc1ccccc1OCc1cc(CN)sc1C. The van der Waals surface area contributed by atoms with Gasteiger partial charge >= 0.3 is 0 Å². The first-order chi connectivity index (χ1) is 9.24. The smallest absolute Gasteiger partial charge is 0.123 e. The summed E-state index contributed by atoms with van der Waals surface area (Å²) in [6.45, 7) is 7.07. The summed E-state index contributed by atoms with van der Waals surface area (Å²) in [7, 11) is 0. The van der Waals surface area contributed by atoms with Gasteiger partial charge in [-0.15, -0.1) is 17.9 Å². The molecule has 2 nitrogen and oxygen atoms in total. The molecule has 0 unspecified atom stereocenters. The van der Waals surface area contributed by atoms with Gasteiger partial charge in [-0.1, -0.05) is 24.3 Å². The zero-order valence-corrected chi connectivity index (χ0v) is 12.0. The maximum absolute atomic E-state index is 5.93. The lowest BCUT2D eigenvalue weighted by molar-refractivity contribution is 0.303. The lowest BCUT2D eigenvalue weighted by Gasteiger charge is -2.10. The highest BCUT2D eigenvalue weighted by atomic mass is 32.1. The van der Waals surface area contributed by atoms with E-state index in [9.17, 15) is 0 Å². The van der Waals surface area contributed by atoms with Gasteiger partial charge in [0.05, 0.1) is 0 Å². The summed E-state index contributed by atoms with van der Waals surface area (Å²) in [5.74, 6) is 0.933. The molecule has 1 heterocycles. The van der Waals surface area contributed by atoms with Crippen LogP contribution in [0.4, 0.5) is 0 Å². The van der Waals surface area contributed by atoms with Crippen molar-refractivity contribution in [3.63, 3.8) is 0 Å². The molecule has 0 atom stereocenters. The maximum Gasteiger partial charge on any atom is 0.123 e. The Labute approximate surface area is 118 Å². The van der Waals surface area contributed by atoms with Crippen LogP contribution >= 0.6 is 11.3 Å². The molecule has 0 amide bonds. The summed E-state index contributed by atoms with van der Waals surface area (Å²) in [5, 5.41) is 0. The van der Waals surface area contributed by atoms with Crippen molar-refractivity contribution in [2.75, 3.05) is 0 Å². The Balaban J connectivity index is 2.09. The molecule has 100 valence electrons. The molecule has 1 aromatic heterocycles. The molecule has 0 bridgehead atoms. The highest BCUT2D eigenvalue weighted by molar-refractivity contribution is 7.12. The molecule has 1 aromatic carbocycles. The van der Waals surface area contributed by atoms with Crippen LogP contribution in [0.2, 0.25) is 0 Å². The largest absolute Gasteiger partial charge is 0.489 e. The van der Waals surface area contributed by atoms with Gasteiger partial charge in [-0.25, -0.2) is 0 Å². The van der Waals surface area contributed by atoms with Crippen molar-refractivity contribution >= 4 is 11.3 Å². The number of nitrogens with two attached hydrogens (primary N) is 1. The van der Waals surface area contributed by atoms with E-state index < -0.39 is 0 Å². The summed E-state index contributed by atoms with van der Waals surface area (Å²) < 4.78 is 5.93. The van der Waals surface area contributed by atoms with E-state index in [2.05, 4.69) is 25.6 Å². The number of para-hydroxylation sites is 1. The molecule has 0 spiro atoms. The number of aryl methyl sites for hydroxylation is 1. The molecule has 2 rings (SSSR count). The second kappa shape index (κ2) is 6.55. The molecule has 0 saturated heterocycles. The van der Waals surface area contributed by atoms with Crippen LogP contribution in [-0.2, 0) is 19.6 Å². The van der Waals surface area contributed by atoms with Gasteiger partial charge < -0.3 is 10.5 Å². The lowest BCUT2D eigenvalue weighted by atomic mass is 10.1. The van der Waals surface area contributed by atoms with Crippen LogP contribution in [0.25, 0.3) is 0 Å². The molecule has 0 saturated carbocycles.